The zero-order valence-corrected chi connectivity index (χ0v) is 12.9. The van der Waals surface area contributed by atoms with E-state index in [1.807, 2.05) is 6.92 Å². The summed E-state index contributed by atoms with van der Waals surface area (Å²) in [4.78, 5) is 13.4. The lowest BCUT2D eigenvalue weighted by molar-refractivity contribution is -0.157. The molecule has 1 heterocycles. The minimum absolute atomic E-state index is 0.0416. The molecule has 0 aliphatic carbocycles. The molecule has 1 aromatic carbocycles. The van der Waals surface area contributed by atoms with Crippen LogP contribution in [0.25, 0.3) is 0 Å². The van der Waals surface area contributed by atoms with Gasteiger partial charge in [-0.25, -0.2) is 0 Å². The molecule has 104 valence electrons. The number of aliphatic hydroxyl groups is 1. The third kappa shape index (κ3) is 3.41. The van der Waals surface area contributed by atoms with Gasteiger partial charge in [-0.2, -0.15) is 0 Å². The molecule has 0 spiro atoms. The summed E-state index contributed by atoms with van der Waals surface area (Å²) in [5.41, 5.74) is -0.712. The lowest BCUT2D eigenvalue weighted by Crippen LogP contribution is -2.63. The van der Waals surface area contributed by atoms with Gasteiger partial charge in [0.05, 0.1) is 23.2 Å². The van der Waals surface area contributed by atoms with Crippen LogP contribution in [-0.2, 0) is 4.79 Å². The van der Waals surface area contributed by atoms with Gasteiger partial charge in [0.2, 0.25) is 0 Å². The lowest BCUT2D eigenvalue weighted by atomic mass is 9.91. The molecule has 0 unspecified atom stereocenters. The number of hydrogen-bond donors (Lipinski definition) is 1. The Morgan fingerprint density at radius 2 is 2.26 bits per heavy atom. The molecule has 2 rings (SSSR count). The van der Waals surface area contributed by atoms with E-state index in [2.05, 4.69) is 15.9 Å². The molecule has 6 heteroatoms. The number of halogens is 2. The second-order valence-corrected chi connectivity index (χ2v) is 5.98. The predicted octanol–water partition coefficient (Wildman–Crippen LogP) is 2.46. The van der Waals surface area contributed by atoms with E-state index in [0.717, 1.165) is 0 Å². The van der Waals surface area contributed by atoms with Gasteiger partial charge in [-0.05, 0) is 40.5 Å². The predicted molar refractivity (Wildman–Crippen MR) is 76.5 cm³/mol. The number of ether oxygens (including phenoxy) is 1. The summed E-state index contributed by atoms with van der Waals surface area (Å²) in [5, 5.41) is 10.4. The second-order valence-electron chi connectivity index (χ2n) is 4.69. The molecule has 4 nitrogen and oxygen atoms in total. The van der Waals surface area contributed by atoms with Crippen molar-refractivity contribution in [2.75, 3.05) is 19.7 Å². The molecule has 0 saturated carbocycles. The maximum Gasteiger partial charge on any atom is 0.260 e. The normalized spacial score (nSPS) is 16.9. The van der Waals surface area contributed by atoms with Crippen LogP contribution < -0.4 is 4.74 Å². The van der Waals surface area contributed by atoms with E-state index >= 15 is 0 Å². The topological polar surface area (TPSA) is 49.8 Å². The number of rotatable bonds is 4. The van der Waals surface area contributed by atoms with Crippen LogP contribution in [0.4, 0.5) is 0 Å². The minimum Gasteiger partial charge on any atom is -0.483 e. The van der Waals surface area contributed by atoms with Gasteiger partial charge < -0.3 is 14.7 Å². The van der Waals surface area contributed by atoms with E-state index < -0.39 is 5.60 Å². The molecule has 19 heavy (non-hydrogen) atoms. The Bertz CT molecular complexity index is 489. The lowest BCUT2D eigenvalue weighted by Gasteiger charge is -2.45. The first-order chi connectivity index (χ1) is 8.93. The van der Waals surface area contributed by atoms with E-state index in [0.29, 0.717) is 34.8 Å². The fraction of sp³-hybridized carbons (Fsp3) is 0.462. The van der Waals surface area contributed by atoms with Crippen molar-refractivity contribution in [1.82, 2.24) is 4.90 Å². The van der Waals surface area contributed by atoms with Gasteiger partial charge >= 0.3 is 0 Å². The molecule has 0 radical (unpaired) electrons. The van der Waals surface area contributed by atoms with Crippen molar-refractivity contribution in [3.63, 3.8) is 0 Å². The Hall–Kier alpha value is -0.780. The summed E-state index contributed by atoms with van der Waals surface area (Å²) in [7, 11) is 0. The molecule has 1 aromatic rings. The van der Waals surface area contributed by atoms with Crippen molar-refractivity contribution in [3.8, 4) is 5.75 Å². The minimum atomic E-state index is -0.712. The van der Waals surface area contributed by atoms with Crippen LogP contribution in [0, 0.1) is 0 Å². The highest BCUT2D eigenvalue weighted by Gasteiger charge is 2.41. The van der Waals surface area contributed by atoms with Crippen LogP contribution >= 0.6 is 27.5 Å². The van der Waals surface area contributed by atoms with E-state index in [1.54, 1.807) is 23.1 Å². The van der Waals surface area contributed by atoms with Crippen LogP contribution in [0.3, 0.4) is 0 Å². The third-order valence-corrected chi connectivity index (χ3v) is 4.08. The highest BCUT2D eigenvalue weighted by atomic mass is 79.9. The third-order valence-electron chi connectivity index (χ3n) is 3.23. The first-order valence-electron chi connectivity index (χ1n) is 6.01. The van der Waals surface area contributed by atoms with E-state index in [4.69, 9.17) is 16.3 Å². The number of nitrogens with zero attached hydrogens (tertiary/aromatic N) is 1. The van der Waals surface area contributed by atoms with Gasteiger partial charge in [0.25, 0.3) is 5.91 Å². The molecule has 0 aromatic heterocycles. The number of benzene rings is 1. The number of hydrogen-bond acceptors (Lipinski definition) is 3. The number of likely N-dealkylation sites (tertiary alicyclic amines) is 1. The monoisotopic (exact) mass is 347 g/mol. The molecule has 0 bridgehead atoms. The van der Waals surface area contributed by atoms with Crippen LogP contribution in [-0.4, -0.2) is 41.2 Å². The van der Waals surface area contributed by atoms with Crippen LogP contribution in [0.1, 0.15) is 13.3 Å². The summed E-state index contributed by atoms with van der Waals surface area (Å²) in [5.74, 6) is 0.448. The highest BCUT2D eigenvalue weighted by Crippen LogP contribution is 2.28. The van der Waals surface area contributed by atoms with Gasteiger partial charge in [-0.1, -0.05) is 18.5 Å². The van der Waals surface area contributed by atoms with Crippen molar-refractivity contribution in [2.24, 2.45) is 0 Å². The summed E-state index contributed by atoms with van der Waals surface area (Å²) in [6.07, 6.45) is 0.653. The quantitative estimate of drug-likeness (QED) is 0.909. The molecule has 1 N–H and O–H groups in total. The first kappa shape index (κ1) is 14.6. The summed E-state index contributed by atoms with van der Waals surface area (Å²) in [6.45, 7) is 2.63. The number of carbonyl (C=O) groups excluding carboxylic acids is 1. The molecule has 1 aliphatic rings. The van der Waals surface area contributed by atoms with Gasteiger partial charge in [0.1, 0.15) is 5.75 Å². The van der Waals surface area contributed by atoms with Crippen molar-refractivity contribution in [1.29, 1.82) is 0 Å². The van der Waals surface area contributed by atoms with Crippen molar-refractivity contribution in [3.05, 3.63) is 27.7 Å². The first-order valence-corrected chi connectivity index (χ1v) is 7.18. The number of β-amino-alcohol motifs (C(OH)–C–C–N with tert-alkyl or cyclic N) is 1. The number of carbonyl (C=O) groups is 1. The van der Waals surface area contributed by atoms with E-state index in [1.165, 1.54) is 0 Å². The summed E-state index contributed by atoms with van der Waals surface area (Å²) >= 11 is 9.14. The zero-order valence-electron chi connectivity index (χ0n) is 10.5. The van der Waals surface area contributed by atoms with Crippen molar-refractivity contribution in [2.45, 2.75) is 18.9 Å². The van der Waals surface area contributed by atoms with Crippen LogP contribution in [0.15, 0.2) is 22.7 Å². The Morgan fingerprint density at radius 1 is 1.58 bits per heavy atom. The van der Waals surface area contributed by atoms with Gasteiger partial charge in [0, 0.05) is 5.02 Å². The smallest absolute Gasteiger partial charge is 0.260 e. The SMILES string of the molecule is CCC1(O)CN(C(=O)COc2ccc(Cl)cc2Br)C1. The van der Waals surface area contributed by atoms with Gasteiger partial charge in [-0.3, -0.25) is 4.79 Å². The maximum absolute atomic E-state index is 11.8. The van der Waals surface area contributed by atoms with E-state index in [-0.39, 0.29) is 12.5 Å². The largest absolute Gasteiger partial charge is 0.483 e. The van der Waals surface area contributed by atoms with Crippen LogP contribution in [0.2, 0.25) is 5.02 Å². The molecule has 1 saturated heterocycles. The Kier molecular flexibility index (Phi) is 4.38. The summed E-state index contributed by atoms with van der Waals surface area (Å²) in [6, 6.07) is 5.12. The molecule has 1 fully saturated rings. The average molecular weight is 349 g/mol. The molecule has 1 amide bonds. The Morgan fingerprint density at radius 3 is 2.84 bits per heavy atom. The Balaban J connectivity index is 1.85. The van der Waals surface area contributed by atoms with E-state index in [9.17, 15) is 9.90 Å². The summed E-state index contributed by atoms with van der Waals surface area (Å²) < 4.78 is 6.14. The second kappa shape index (κ2) is 5.69. The molecule has 0 atom stereocenters. The van der Waals surface area contributed by atoms with Gasteiger partial charge in [-0.15, -0.1) is 0 Å². The number of amides is 1. The standard InChI is InChI=1S/C13H15BrClNO3/c1-2-13(18)7-16(8-13)12(17)6-19-11-4-3-9(15)5-10(11)14/h3-5,18H,2,6-8H2,1H3. The fourth-order valence-electron chi connectivity index (χ4n) is 1.89. The molecular weight excluding hydrogens is 334 g/mol. The van der Waals surface area contributed by atoms with Crippen LogP contribution in [0.5, 0.6) is 5.75 Å². The average Bonchev–Trinajstić information content (AvgIpc) is 2.33. The molecular formula is C13H15BrClNO3. The highest BCUT2D eigenvalue weighted by molar-refractivity contribution is 9.10. The Labute approximate surface area is 125 Å². The zero-order chi connectivity index (χ0) is 14.0. The van der Waals surface area contributed by atoms with Gasteiger partial charge in [0.15, 0.2) is 6.61 Å². The maximum atomic E-state index is 11.8. The van der Waals surface area contributed by atoms with Crippen molar-refractivity contribution < 1.29 is 14.6 Å². The fourth-order valence-corrected chi connectivity index (χ4v) is 2.68. The van der Waals surface area contributed by atoms with Crippen molar-refractivity contribution >= 4 is 33.4 Å². The molecule has 1 aliphatic heterocycles.